The van der Waals surface area contributed by atoms with E-state index in [1.165, 1.54) is 31.2 Å². The van der Waals surface area contributed by atoms with Crippen LogP contribution in [0.1, 0.15) is 58.1 Å². The third-order valence-electron chi connectivity index (χ3n) is 5.11. The summed E-state index contributed by atoms with van der Waals surface area (Å²) in [6.07, 6.45) is 5.46. The summed E-state index contributed by atoms with van der Waals surface area (Å²) < 4.78 is 5.39. The van der Waals surface area contributed by atoms with Crippen molar-refractivity contribution in [1.82, 2.24) is 5.32 Å². The van der Waals surface area contributed by atoms with Crippen molar-refractivity contribution in [2.45, 2.75) is 52.5 Å². The van der Waals surface area contributed by atoms with Crippen LogP contribution in [0.15, 0.2) is 24.3 Å². The van der Waals surface area contributed by atoms with Gasteiger partial charge in [0.1, 0.15) is 5.75 Å². The van der Waals surface area contributed by atoms with E-state index in [9.17, 15) is 0 Å². The predicted octanol–water partition coefficient (Wildman–Crippen LogP) is 4.81. The number of nitrogens with one attached hydrogen (secondary N) is 1. The van der Waals surface area contributed by atoms with E-state index >= 15 is 0 Å². The van der Waals surface area contributed by atoms with Crippen LogP contribution < -0.4 is 10.1 Å². The number of rotatable bonds is 6. The topological polar surface area (TPSA) is 21.3 Å². The molecule has 0 bridgehead atoms. The smallest absolute Gasteiger partial charge is 0.119 e. The van der Waals surface area contributed by atoms with Gasteiger partial charge in [0, 0.05) is 6.04 Å². The zero-order valence-corrected chi connectivity index (χ0v) is 14.1. The van der Waals surface area contributed by atoms with Gasteiger partial charge in [-0.15, -0.1) is 0 Å². The first kappa shape index (κ1) is 16.4. The molecule has 0 heterocycles. The third-order valence-corrected chi connectivity index (χ3v) is 5.11. The Balaban J connectivity index is 2.08. The van der Waals surface area contributed by atoms with Gasteiger partial charge in [-0.25, -0.2) is 0 Å². The number of hydrogen-bond donors (Lipinski definition) is 1. The summed E-state index contributed by atoms with van der Waals surface area (Å²) >= 11 is 0. The van der Waals surface area contributed by atoms with Crippen molar-refractivity contribution in [2.24, 2.45) is 17.8 Å². The Morgan fingerprint density at radius 1 is 1.14 bits per heavy atom. The number of hydrogen-bond acceptors (Lipinski definition) is 2. The first-order valence-electron chi connectivity index (χ1n) is 8.53. The molecule has 1 N–H and O–H groups in total. The highest BCUT2D eigenvalue weighted by molar-refractivity contribution is 5.31. The Labute approximate surface area is 130 Å². The molecule has 1 aromatic rings. The Bertz CT molecular complexity index is 421. The van der Waals surface area contributed by atoms with Crippen LogP contribution in [-0.4, -0.2) is 13.7 Å². The van der Waals surface area contributed by atoms with Crippen molar-refractivity contribution in [1.29, 1.82) is 0 Å². The zero-order valence-electron chi connectivity index (χ0n) is 14.1. The monoisotopic (exact) mass is 289 g/mol. The molecule has 2 nitrogen and oxygen atoms in total. The molecule has 0 aromatic heterocycles. The van der Waals surface area contributed by atoms with Gasteiger partial charge in [0.05, 0.1) is 7.11 Å². The van der Waals surface area contributed by atoms with Gasteiger partial charge < -0.3 is 10.1 Å². The number of methoxy groups -OCH3 is 1. The summed E-state index contributed by atoms with van der Waals surface area (Å²) in [6, 6.07) is 9.05. The fourth-order valence-corrected chi connectivity index (χ4v) is 3.76. The Morgan fingerprint density at radius 3 is 2.38 bits per heavy atom. The normalized spacial score (nSPS) is 24.0. The molecule has 118 valence electrons. The van der Waals surface area contributed by atoms with Crippen molar-refractivity contribution in [2.75, 3.05) is 13.7 Å². The van der Waals surface area contributed by atoms with Gasteiger partial charge in [-0.3, -0.25) is 0 Å². The van der Waals surface area contributed by atoms with Crippen molar-refractivity contribution >= 4 is 0 Å². The molecule has 0 spiro atoms. The molecule has 0 saturated heterocycles. The Kier molecular flexibility index (Phi) is 6.10. The van der Waals surface area contributed by atoms with Crippen LogP contribution in [0.25, 0.3) is 0 Å². The van der Waals surface area contributed by atoms with Gasteiger partial charge in [0.15, 0.2) is 0 Å². The number of benzene rings is 1. The van der Waals surface area contributed by atoms with E-state index in [1.807, 2.05) is 6.07 Å². The molecule has 2 heteroatoms. The minimum absolute atomic E-state index is 0.471. The molecule has 0 amide bonds. The summed E-state index contributed by atoms with van der Waals surface area (Å²) in [5.74, 6) is 3.48. The van der Waals surface area contributed by atoms with Gasteiger partial charge in [-0.1, -0.05) is 32.9 Å². The highest BCUT2D eigenvalue weighted by Gasteiger charge is 2.29. The Hall–Kier alpha value is -1.02. The van der Waals surface area contributed by atoms with Crippen molar-refractivity contribution in [3.8, 4) is 5.75 Å². The lowest BCUT2D eigenvalue weighted by Crippen LogP contribution is -2.31. The summed E-state index contributed by atoms with van der Waals surface area (Å²) in [6.45, 7) is 7.96. The molecule has 1 aromatic carbocycles. The Morgan fingerprint density at radius 2 is 1.81 bits per heavy atom. The third kappa shape index (κ3) is 4.23. The largest absolute Gasteiger partial charge is 0.497 e. The van der Waals surface area contributed by atoms with E-state index < -0.39 is 0 Å². The maximum Gasteiger partial charge on any atom is 0.119 e. The summed E-state index contributed by atoms with van der Waals surface area (Å²) in [4.78, 5) is 0. The number of ether oxygens (including phenoxy) is 1. The average Bonchev–Trinajstić information content (AvgIpc) is 2.52. The molecule has 1 aliphatic carbocycles. The lowest BCUT2D eigenvalue weighted by Gasteiger charge is -2.36. The molecule has 1 fully saturated rings. The first-order chi connectivity index (χ1) is 10.2. The van der Waals surface area contributed by atoms with Crippen LogP contribution in [0.5, 0.6) is 5.75 Å². The second kappa shape index (κ2) is 7.84. The second-order valence-corrected chi connectivity index (χ2v) is 6.73. The van der Waals surface area contributed by atoms with Gasteiger partial charge in [0.2, 0.25) is 0 Å². The van der Waals surface area contributed by atoms with Crippen LogP contribution in [0.2, 0.25) is 0 Å². The summed E-state index contributed by atoms with van der Waals surface area (Å²) in [5, 5.41) is 3.71. The molecular formula is C19H31NO. The van der Waals surface area contributed by atoms with Gasteiger partial charge in [0.25, 0.3) is 0 Å². The molecule has 0 aliphatic heterocycles. The van der Waals surface area contributed by atoms with Crippen LogP contribution >= 0.6 is 0 Å². The summed E-state index contributed by atoms with van der Waals surface area (Å²) in [7, 11) is 1.75. The van der Waals surface area contributed by atoms with Crippen LogP contribution in [-0.2, 0) is 0 Å². The van der Waals surface area contributed by atoms with E-state index in [0.717, 1.165) is 30.0 Å². The van der Waals surface area contributed by atoms with Crippen LogP contribution in [0.4, 0.5) is 0 Å². The standard InChI is InChI=1S/C19H31NO/c1-5-20-19(17-7-6-8-18(13-17)21-4)16-11-9-15(10-12-16)14(2)3/h6-8,13-16,19-20H,5,9-12H2,1-4H3. The molecule has 21 heavy (non-hydrogen) atoms. The predicted molar refractivity (Wildman–Crippen MR) is 89.7 cm³/mol. The van der Waals surface area contributed by atoms with Gasteiger partial charge in [-0.2, -0.15) is 0 Å². The van der Waals surface area contributed by atoms with Gasteiger partial charge in [-0.05, 0) is 67.7 Å². The maximum atomic E-state index is 5.39. The lowest BCUT2D eigenvalue weighted by atomic mass is 9.73. The fraction of sp³-hybridized carbons (Fsp3) is 0.684. The fourth-order valence-electron chi connectivity index (χ4n) is 3.76. The maximum absolute atomic E-state index is 5.39. The minimum atomic E-state index is 0.471. The van der Waals surface area contributed by atoms with Crippen LogP contribution in [0, 0.1) is 17.8 Å². The van der Waals surface area contributed by atoms with E-state index in [-0.39, 0.29) is 0 Å². The molecule has 1 saturated carbocycles. The molecule has 2 rings (SSSR count). The van der Waals surface area contributed by atoms with E-state index in [1.54, 1.807) is 7.11 Å². The van der Waals surface area contributed by atoms with Crippen molar-refractivity contribution in [3.05, 3.63) is 29.8 Å². The molecule has 1 atom stereocenters. The average molecular weight is 289 g/mol. The first-order valence-corrected chi connectivity index (χ1v) is 8.53. The quantitative estimate of drug-likeness (QED) is 0.811. The molecule has 0 radical (unpaired) electrons. The summed E-state index contributed by atoms with van der Waals surface area (Å²) in [5.41, 5.74) is 1.38. The van der Waals surface area contributed by atoms with Gasteiger partial charge >= 0.3 is 0 Å². The lowest BCUT2D eigenvalue weighted by molar-refractivity contribution is 0.190. The molecule has 1 unspecified atom stereocenters. The zero-order chi connectivity index (χ0) is 15.2. The molecule has 1 aliphatic rings. The van der Waals surface area contributed by atoms with Crippen molar-refractivity contribution < 1.29 is 4.74 Å². The molecular weight excluding hydrogens is 258 g/mol. The second-order valence-electron chi connectivity index (χ2n) is 6.73. The minimum Gasteiger partial charge on any atom is -0.497 e. The highest BCUT2D eigenvalue weighted by Crippen LogP contribution is 2.39. The van der Waals surface area contributed by atoms with Crippen molar-refractivity contribution in [3.63, 3.8) is 0 Å². The van der Waals surface area contributed by atoms with E-state index in [2.05, 4.69) is 44.3 Å². The van der Waals surface area contributed by atoms with Crippen LogP contribution in [0.3, 0.4) is 0 Å². The van der Waals surface area contributed by atoms with E-state index in [4.69, 9.17) is 4.74 Å². The SMILES string of the molecule is CCNC(c1cccc(OC)c1)C1CCC(C(C)C)CC1. The van der Waals surface area contributed by atoms with E-state index in [0.29, 0.717) is 6.04 Å². The highest BCUT2D eigenvalue weighted by atomic mass is 16.5.